The van der Waals surface area contributed by atoms with Crippen LogP contribution in [0.4, 0.5) is 10.5 Å². The first-order valence-corrected chi connectivity index (χ1v) is 11.6. The second-order valence-electron chi connectivity index (χ2n) is 9.54. The minimum Gasteiger partial charge on any atom is -0.330 e. The third-order valence-corrected chi connectivity index (χ3v) is 7.50. The van der Waals surface area contributed by atoms with Crippen molar-refractivity contribution in [2.24, 2.45) is 0 Å². The maximum atomic E-state index is 13.0. The number of carbonyl (C=O) groups is 1. The number of nitrogens with one attached hydrogen (secondary N) is 1. The molecule has 7 nitrogen and oxygen atoms in total. The summed E-state index contributed by atoms with van der Waals surface area (Å²) in [5.41, 5.74) is 3.20. The molecule has 34 heavy (non-hydrogen) atoms. The fourth-order valence-corrected chi connectivity index (χ4v) is 5.39. The van der Waals surface area contributed by atoms with Crippen LogP contribution in [0.15, 0.2) is 67.0 Å². The Morgan fingerprint density at radius 2 is 1.62 bits per heavy atom. The summed E-state index contributed by atoms with van der Waals surface area (Å²) in [6.45, 7) is 0.615. The zero-order valence-electron chi connectivity index (χ0n) is 19.5. The predicted octanol–water partition coefficient (Wildman–Crippen LogP) is 4.31. The van der Waals surface area contributed by atoms with E-state index in [1.807, 2.05) is 12.1 Å². The Hall–Kier alpha value is -3.76. The normalized spacial score (nSPS) is 24.3. The number of amides is 2. The van der Waals surface area contributed by atoms with E-state index in [1.54, 1.807) is 29.4 Å². The first-order chi connectivity index (χ1) is 16.4. The van der Waals surface area contributed by atoms with Crippen molar-refractivity contribution < 1.29 is 4.79 Å². The second-order valence-corrected chi connectivity index (χ2v) is 9.54. The van der Waals surface area contributed by atoms with Gasteiger partial charge in [-0.1, -0.05) is 30.3 Å². The van der Waals surface area contributed by atoms with Crippen LogP contribution in [0.25, 0.3) is 11.4 Å². The summed E-state index contributed by atoms with van der Waals surface area (Å²) in [4.78, 5) is 26.0. The highest BCUT2D eigenvalue weighted by Crippen LogP contribution is 2.46. The van der Waals surface area contributed by atoms with Gasteiger partial charge in [0.25, 0.3) is 0 Å². The minimum atomic E-state index is -0.239. The molecule has 2 aliphatic rings. The van der Waals surface area contributed by atoms with E-state index in [0.717, 1.165) is 31.2 Å². The summed E-state index contributed by atoms with van der Waals surface area (Å²) < 4.78 is 0. The molecule has 1 aromatic heterocycles. The SMILES string of the molecule is CN(C)[C@]1(c2ccccc2)CC[C@]2(CC1)CN(c1cnc(-c3ccc(C#N)cc3)nc1)C(=O)N2. The summed E-state index contributed by atoms with van der Waals surface area (Å²) in [6, 6.07) is 19.9. The van der Waals surface area contributed by atoms with Crippen molar-refractivity contribution in [1.29, 1.82) is 5.26 Å². The molecule has 5 rings (SSSR count). The van der Waals surface area contributed by atoms with E-state index in [9.17, 15) is 4.79 Å². The molecule has 2 amide bonds. The fourth-order valence-electron chi connectivity index (χ4n) is 5.39. The van der Waals surface area contributed by atoms with Gasteiger partial charge < -0.3 is 5.32 Å². The smallest absolute Gasteiger partial charge is 0.322 e. The molecule has 0 unspecified atom stereocenters. The zero-order valence-corrected chi connectivity index (χ0v) is 19.5. The van der Waals surface area contributed by atoms with Crippen LogP contribution < -0.4 is 10.2 Å². The van der Waals surface area contributed by atoms with Gasteiger partial charge in [-0.05, 0) is 69.6 Å². The van der Waals surface area contributed by atoms with Crippen LogP contribution in [0.3, 0.4) is 0 Å². The second kappa shape index (κ2) is 8.54. The van der Waals surface area contributed by atoms with Crippen molar-refractivity contribution in [1.82, 2.24) is 20.2 Å². The number of benzene rings is 2. The van der Waals surface area contributed by atoms with Crippen LogP contribution >= 0.6 is 0 Å². The molecule has 1 saturated heterocycles. The maximum absolute atomic E-state index is 13.0. The third kappa shape index (κ3) is 3.80. The summed E-state index contributed by atoms with van der Waals surface area (Å²) >= 11 is 0. The van der Waals surface area contributed by atoms with Crippen molar-refractivity contribution in [2.75, 3.05) is 25.5 Å². The van der Waals surface area contributed by atoms with Gasteiger partial charge in [-0.3, -0.25) is 9.80 Å². The summed E-state index contributed by atoms with van der Waals surface area (Å²) in [5.74, 6) is 0.568. The molecule has 1 saturated carbocycles. The van der Waals surface area contributed by atoms with Crippen molar-refractivity contribution in [2.45, 2.75) is 36.8 Å². The Bertz CT molecular complexity index is 1210. The lowest BCUT2D eigenvalue weighted by atomic mass is 9.69. The van der Waals surface area contributed by atoms with Crippen molar-refractivity contribution >= 4 is 11.7 Å². The van der Waals surface area contributed by atoms with Crippen LogP contribution in [0, 0.1) is 11.3 Å². The Balaban J connectivity index is 1.32. The van der Waals surface area contributed by atoms with Gasteiger partial charge in [-0.15, -0.1) is 0 Å². The maximum Gasteiger partial charge on any atom is 0.322 e. The minimum absolute atomic E-state index is 0.0173. The topological polar surface area (TPSA) is 85.2 Å². The Labute approximate surface area is 200 Å². The van der Waals surface area contributed by atoms with E-state index in [4.69, 9.17) is 5.26 Å². The largest absolute Gasteiger partial charge is 0.330 e. The molecule has 0 atom stereocenters. The van der Waals surface area contributed by atoms with Crippen LogP contribution in [0.5, 0.6) is 0 Å². The van der Waals surface area contributed by atoms with Gasteiger partial charge in [0.15, 0.2) is 5.82 Å². The molecule has 0 bridgehead atoms. The number of carbonyl (C=O) groups excluding carboxylic acids is 1. The van der Waals surface area contributed by atoms with E-state index in [2.05, 4.69) is 70.7 Å². The lowest BCUT2D eigenvalue weighted by Gasteiger charge is -2.48. The fraction of sp³-hybridized carbons (Fsp3) is 0.333. The van der Waals surface area contributed by atoms with E-state index in [1.165, 1.54) is 5.56 Å². The quantitative estimate of drug-likeness (QED) is 0.637. The first-order valence-electron chi connectivity index (χ1n) is 11.6. The summed E-state index contributed by atoms with van der Waals surface area (Å²) in [7, 11) is 4.30. The number of nitrogens with zero attached hydrogens (tertiary/aromatic N) is 5. The lowest BCUT2D eigenvalue weighted by molar-refractivity contribution is 0.0658. The van der Waals surface area contributed by atoms with Crippen molar-refractivity contribution in [3.05, 3.63) is 78.1 Å². The van der Waals surface area contributed by atoms with Gasteiger partial charge in [-0.2, -0.15) is 5.26 Å². The highest BCUT2D eigenvalue weighted by atomic mass is 16.2. The van der Waals surface area contributed by atoms with E-state index in [-0.39, 0.29) is 17.1 Å². The van der Waals surface area contributed by atoms with Crippen LogP contribution in [-0.2, 0) is 5.54 Å². The van der Waals surface area contributed by atoms with Gasteiger partial charge in [0.2, 0.25) is 0 Å². The Kier molecular flexibility index (Phi) is 5.54. The van der Waals surface area contributed by atoms with Crippen LogP contribution in [0.2, 0.25) is 0 Å². The average Bonchev–Trinajstić information content (AvgIpc) is 3.20. The van der Waals surface area contributed by atoms with E-state index < -0.39 is 0 Å². The average molecular weight is 453 g/mol. The number of urea groups is 1. The predicted molar refractivity (Wildman–Crippen MR) is 131 cm³/mol. The van der Waals surface area contributed by atoms with Gasteiger partial charge in [0.05, 0.1) is 41.8 Å². The molecule has 1 spiro atoms. The molecule has 2 aromatic carbocycles. The molecule has 1 N–H and O–H groups in total. The van der Waals surface area contributed by atoms with Crippen LogP contribution in [-0.4, -0.2) is 47.1 Å². The zero-order chi connectivity index (χ0) is 23.8. The molecular weight excluding hydrogens is 424 g/mol. The highest BCUT2D eigenvalue weighted by Gasteiger charge is 2.50. The lowest BCUT2D eigenvalue weighted by Crippen LogP contribution is -2.54. The molecule has 2 heterocycles. The molecule has 3 aromatic rings. The molecule has 1 aliphatic heterocycles. The number of anilines is 1. The van der Waals surface area contributed by atoms with Crippen LogP contribution in [0.1, 0.15) is 36.8 Å². The van der Waals surface area contributed by atoms with Crippen molar-refractivity contribution in [3.8, 4) is 17.5 Å². The summed E-state index contributed by atoms with van der Waals surface area (Å²) in [5, 5.41) is 12.3. The third-order valence-electron chi connectivity index (χ3n) is 7.50. The van der Waals surface area contributed by atoms with Gasteiger partial charge in [0.1, 0.15) is 0 Å². The van der Waals surface area contributed by atoms with Crippen molar-refractivity contribution in [3.63, 3.8) is 0 Å². The molecule has 172 valence electrons. The molecule has 7 heteroatoms. The van der Waals surface area contributed by atoms with Gasteiger partial charge >= 0.3 is 6.03 Å². The summed E-state index contributed by atoms with van der Waals surface area (Å²) in [6.07, 6.45) is 7.18. The standard InChI is InChI=1S/C27H28N6O/c1-32(2)27(22-6-4-3-5-7-22)14-12-26(13-15-27)19-33(25(34)31-26)23-17-29-24(30-18-23)21-10-8-20(16-28)9-11-21/h3-11,17-18H,12-15,19H2,1-2H3,(H,31,34)/t26-,27+. The number of hydrogen-bond acceptors (Lipinski definition) is 5. The van der Waals surface area contributed by atoms with Gasteiger partial charge in [0, 0.05) is 11.1 Å². The molecule has 0 radical (unpaired) electrons. The van der Waals surface area contributed by atoms with Gasteiger partial charge in [-0.25, -0.2) is 14.8 Å². The first kappa shape index (κ1) is 22.1. The monoisotopic (exact) mass is 452 g/mol. The molecular formula is C27H28N6O. The number of aromatic nitrogens is 2. The van der Waals surface area contributed by atoms with E-state index >= 15 is 0 Å². The number of hydrogen-bond donors (Lipinski definition) is 1. The number of nitriles is 1. The molecule has 1 aliphatic carbocycles. The molecule has 2 fully saturated rings. The Morgan fingerprint density at radius 3 is 2.21 bits per heavy atom. The Morgan fingerprint density at radius 1 is 0.971 bits per heavy atom. The van der Waals surface area contributed by atoms with E-state index in [0.29, 0.717) is 23.6 Å². The number of rotatable bonds is 4. The highest BCUT2D eigenvalue weighted by molar-refractivity contribution is 5.95.